The van der Waals surface area contributed by atoms with Gasteiger partial charge in [-0.05, 0) is 11.8 Å². The highest BCUT2D eigenvalue weighted by atomic mass is 32.2. The molecule has 0 aromatic carbocycles. The molecule has 0 aliphatic carbocycles. The summed E-state index contributed by atoms with van der Waals surface area (Å²) in [5, 5.41) is -0.153. The van der Waals surface area contributed by atoms with Gasteiger partial charge in [0.2, 0.25) is 0 Å². The third-order valence-corrected chi connectivity index (χ3v) is 2.76. The molecule has 5 heteroatoms. The lowest BCUT2D eigenvalue weighted by Crippen LogP contribution is -2.40. The van der Waals surface area contributed by atoms with Gasteiger partial charge in [0.05, 0.1) is 5.37 Å². The van der Waals surface area contributed by atoms with Crippen molar-refractivity contribution in [1.29, 1.82) is 0 Å². The second kappa shape index (κ2) is 1.87. The molecule has 56 valence electrons. The Morgan fingerprint density at radius 3 is 3.20 bits per heavy atom. The van der Waals surface area contributed by atoms with Crippen LogP contribution in [0.3, 0.4) is 0 Å². The Balaban J connectivity index is 2.12. The van der Waals surface area contributed by atoms with Crippen molar-refractivity contribution in [1.82, 2.24) is 4.90 Å². The van der Waals surface area contributed by atoms with Crippen molar-refractivity contribution in [3.63, 3.8) is 0 Å². The highest BCUT2D eigenvalue weighted by molar-refractivity contribution is 8.14. The Labute approximate surface area is 62.7 Å². The van der Waals surface area contributed by atoms with Gasteiger partial charge >= 0.3 is 0 Å². The summed E-state index contributed by atoms with van der Waals surface area (Å²) in [6.07, 6.45) is 0.0384. The molecule has 0 aromatic rings. The minimum absolute atomic E-state index is 0.00579. The number of amides is 1. The van der Waals surface area contributed by atoms with Crippen LogP contribution in [0.5, 0.6) is 0 Å². The average Bonchev–Trinajstić information content (AvgIpc) is 2.61. The van der Waals surface area contributed by atoms with Crippen LogP contribution in [0.1, 0.15) is 0 Å². The second-order valence-electron chi connectivity index (χ2n) is 2.45. The summed E-state index contributed by atoms with van der Waals surface area (Å²) in [5.41, 5.74) is 5.56. The number of nitrogens with two attached hydrogens (primary N) is 1. The molecule has 2 N–H and O–H groups in total. The first kappa shape index (κ1) is 6.45. The van der Waals surface area contributed by atoms with Gasteiger partial charge in [0.1, 0.15) is 6.10 Å². The van der Waals surface area contributed by atoms with Gasteiger partial charge in [-0.1, -0.05) is 0 Å². The van der Waals surface area contributed by atoms with Crippen LogP contribution in [0.2, 0.25) is 0 Å². The zero-order chi connectivity index (χ0) is 7.30. The molecule has 2 rings (SSSR count). The molecule has 1 amide bonds. The van der Waals surface area contributed by atoms with Crippen LogP contribution in [0.4, 0.5) is 4.79 Å². The Morgan fingerprint density at radius 2 is 2.50 bits per heavy atom. The van der Waals surface area contributed by atoms with Crippen molar-refractivity contribution < 1.29 is 9.53 Å². The van der Waals surface area contributed by atoms with E-state index in [1.807, 2.05) is 0 Å². The van der Waals surface area contributed by atoms with E-state index in [0.717, 1.165) is 11.8 Å². The first-order chi connectivity index (χ1) is 4.70. The lowest BCUT2D eigenvalue weighted by Gasteiger charge is -2.20. The number of thioether (sulfide) groups is 1. The molecular formula is C5H8N2O2S. The lowest BCUT2D eigenvalue weighted by atomic mass is 10.4. The van der Waals surface area contributed by atoms with Crippen molar-refractivity contribution in [2.45, 2.75) is 17.7 Å². The molecule has 4 nitrogen and oxygen atoms in total. The maximum absolute atomic E-state index is 11.0. The summed E-state index contributed by atoms with van der Waals surface area (Å²) in [7, 11) is 1.73. The van der Waals surface area contributed by atoms with E-state index in [1.54, 1.807) is 11.9 Å². The molecule has 10 heavy (non-hydrogen) atoms. The van der Waals surface area contributed by atoms with Gasteiger partial charge in [0, 0.05) is 7.05 Å². The highest BCUT2D eigenvalue weighted by Crippen LogP contribution is 2.38. The SMILES string of the molecule is CN1C(=O)SC(N)C2OC21. The Hall–Kier alpha value is -0.260. The van der Waals surface area contributed by atoms with Gasteiger partial charge in [0.25, 0.3) is 5.24 Å². The van der Waals surface area contributed by atoms with E-state index in [9.17, 15) is 4.79 Å². The first-order valence-corrected chi connectivity index (χ1v) is 3.92. The van der Waals surface area contributed by atoms with Gasteiger partial charge < -0.3 is 15.4 Å². The number of fused-ring (bicyclic) bond motifs is 1. The van der Waals surface area contributed by atoms with E-state index in [2.05, 4.69) is 0 Å². The normalized spacial score (nSPS) is 45.2. The molecule has 2 aliphatic heterocycles. The van der Waals surface area contributed by atoms with E-state index in [0.29, 0.717) is 0 Å². The third-order valence-electron chi connectivity index (χ3n) is 1.73. The molecule has 0 radical (unpaired) electrons. The van der Waals surface area contributed by atoms with Crippen LogP contribution >= 0.6 is 11.8 Å². The molecule has 0 saturated carbocycles. The fourth-order valence-electron chi connectivity index (χ4n) is 1.04. The molecule has 0 bridgehead atoms. The van der Waals surface area contributed by atoms with Crippen molar-refractivity contribution in [2.75, 3.05) is 7.05 Å². The van der Waals surface area contributed by atoms with Crippen LogP contribution in [0.25, 0.3) is 0 Å². The van der Waals surface area contributed by atoms with Crippen molar-refractivity contribution in [3.8, 4) is 0 Å². The minimum atomic E-state index is -0.159. The van der Waals surface area contributed by atoms with Crippen molar-refractivity contribution >= 4 is 17.0 Å². The van der Waals surface area contributed by atoms with E-state index < -0.39 is 0 Å². The minimum Gasteiger partial charge on any atom is -0.345 e. The summed E-state index contributed by atoms with van der Waals surface area (Å²) in [5.74, 6) is 0. The van der Waals surface area contributed by atoms with Crippen LogP contribution in [0.15, 0.2) is 0 Å². The van der Waals surface area contributed by atoms with Crippen molar-refractivity contribution in [2.24, 2.45) is 5.73 Å². The Bertz CT molecular complexity index is 186. The predicted molar refractivity (Wildman–Crippen MR) is 37.4 cm³/mol. The first-order valence-electron chi connectivity index (χ1n) is 3.04. The number of likely N-dealkylation sites (N-methyl/N-ethyl adjacent to an activating group) is 1. The third kappa shape index (κ3) is 0.744. The zero-order valence-corrected chi connectivity index (χ0v) is 6.30. The van der Waals surface area contributed by atoms with Crippen LogP contribution in [-0.2, 0) is 4.74 Å². The van der Waals surface area contributed by atoms with Gasteiger partial charge in [-0.3, -0.25) is 4.79 Å². The summed E-state index contributed by atoms with van der Waals surface area (Å²) >= 11 is 1.14. The highest BCUT2D eigenvalue weighted by Gasteiger charge is 2.53. The summed E-state index contributed by atoms with van der Waals surface area (Å²) in [6, 6.07) is 0. The van der Waals surface area contributed by atoms with Crippen molar-refractivity contribution in [3.05, 3.63) is 0 Å². The number of nitrogens with zero attached hydrogens (tertiary/aromatic N) is 1. The number of carbonyl (C=O) groups is 1. The monoisotopic (exact) mass is 160 g/mol. The molecule has 2 aliphatic rings. The quantitative estimate of drug-likeness (QED) is 0.498. The van der Waals surface area contributed by atoms with E-state index >= 15 is 0 Å². The number of carbonyl (C=O) groups excluding carboxylic acids is 1. The molecule has 0 spiro atoms. The fraction of sp³-hybridized carbons (Fsp3) is 0.800. The predicted octanol–water partition coefficient (Wildman–Crippen LogP) is -0.205. The van der Waals surface area contributed by atoms with E-state index in [-0.39, 0.29) is 22.9 Å². The molecule has 2 fully saturated rings. The number of ether oxygens (including phenoxy) is 1. The number of hydrogen-bond donors (Lipinski definition) is 1. The zero-order valence-electron chi connectivity index (χ0n) is 5.48. The van der Waals surface area contributed by atoms with Gasteiger partial charge in [-0.2, -0.15) is 0 Å². The second-order valence-corrected chi connectivity index (χ2v) is 3.58. The smallest absolute Gasteiger partial charge is 0.285 e. The molecule has 3 unspecified atom stereocenters. The number of rotatable bonds is 0. The van der Waals surface area contributed by atoms with E-state index in [1.165, 1.54) is 0 Å². The van der Waals surface area contributed by atoms with Crippen LogP contribution in [-0.4, -0.2) is 34.9 Å². The standard InChI is InChI=1S/C5H8N2O2S/c1-7-4-2(9-4)3(6)10-5(7)8/h2-4H,6H2,1H3. The van der Waals surface area contributed by atoms with Crippen LogP contribution in [0, 0.1) is 0 Å². The maximum Gasteiger partial charge on any atom is 0.285 e. The summed E-state index contributed by atoms with van der Waals surface area (Å²) in [4.78, 5) is 12.6. The molecule has 0 aromatic heterocycles. The van der Waals surface area contributed by atoms with Gasteiger partial charge in [0.15, 0.2) is 6.23 Å². The molecule has 2 heterocycles. The largest absolute Gasteiger partial charge is 0.345 e. The van der Waals surface area contributed by atoms with Gasteiger partial charge in [-0.15, -0.1) is 0 Å². The topological polar surface area (TPSA) is 58.9 Å². The van der Waals surface area contributed by atoms with Gasteiger partial charge in [-0.25, -0.2) is 0 Å². The Kier molecular flexibility index (Phi) is 1.21. The molecular weight excluding hydrogens is 152 g/mol. The molecule has 3 atom stereocenters. The number of hydrogen-bond acceptors (Lipinski definition) is 4. The lowest BCUT2D eigenvalue weighted by molar-refractivity contribution is 0.206. The average molecular weight is 160 g/mol. The maximum atomic E-state index is 11.0. The Morgan fingerprint density at radius 1 is 1.80 bits per heavy atom. The molecule has 2 saturated heterocycles. The van der Waals surface area contributed by atoms with E-state index in [4.69, 9.17) is 10.5 Å². The summed E-state index contributed by atoms with van der Waals surface area (Å²) in [6.45, 7) is 0. The summed E-state index contributed by atoms with van der Waals surface area (Å²) < 4.78 is 5.13. The number of epoxide rings is 1. The fourth-order valence-corrected chi connectivity index (χ4v) is 1.87. The van der Waals surface area contributed by atoms with Crippen LogP contribution < -0.4 is 5.73 Å².